The smallest absolute Gasteiger partial charge is 0.303 e. The molecule has 0 aromatic heterocycles. The van der Waals surface area contributed by atoms with Crippen molar-refractivity contribution in [1.29, 1.82) is 0 Å². The number of carbonyl (C=O) groups is 1. The van der Waals surface area contributed by atoms with Gasteiger partial charge < -0.3 is 15.7 Å². The van der Waals surface area contributed by atoms with Crippen LogP contribution in [0.1, 0.15) is 51.5 Å². The van der Waals surface area contributed by atoms with E-state index in [9.17, 15) is 13.2 Å². The van der Waals surface area contributed by atoms with Crippen LogP contribution in [0.5, 0.6) is 0 Å². The molecule has 2 rings (SSSR count). The third-order valence-corrected chi connectivity index (χ3v) is 6.61. The van der Waals surface area contributed by atoms with Crippen molar-refractivity contribution in [3.05, 3.63) is 23.8 Å². The van der Waals surface area contributed by atoms with Gasteiger partial charge in [-0.25, -0.2) is 12.7 Å². The van der Waals surface area contributed by atoms with Gasteiger partial charge in [-0.15, -0.1) is 0 Å². The van der Waals surface area contributed by atoms with E-state index in [0.29, 0.717) is 24.7 Å². The zero-order valence-corrected chi connectivity index (χ0v) is 18.1. The summed E-state index contributed by atoms with van der Waals surface area (Å²) in [6, 6.07) is 6.04. The minimum Gasteiger partial charge on any atom is -0.481 e. The molecule has 1 saturated heterocycles. The Morgan fingerprint density at radius 3 is 2.36 bits per heavy atom. The SMILES string of the molecule is CC(C)CN(c1ccc([C@H](C)CC(=O)O)cc1N)C1CCN(S(C)(=O)=O)CC1. The number of nitrogen functional groups attached to an aromatic ring is 1. The van der Waals surface area contributed by atoms with E-state index in [-0.39, 0.29) is 18.4 Å². The molecule has 28 heavy (non-hydrogen) atoms. The molecule has 0 spiro atoms. The predicted molar refractivity (Wildman–Crippen MR) is 113 cm³/mol. The Morgan fingerprint density at radius 2 is 1.89 bits per heavy atom. The minimum absolute atomic E-state index is 0.0679. The summed E-state index contributed by atoms with van der Waals surface area (Å²) in [6.45, 7) is 8.06. The van der Waals surface area contributed by atoms with E-state index in [1.807, 2.05) is 25.1 Å². The molecule has 0 saturated carbocycles. The Labute approximate surface area is 168 Å². The van der Waals surface area contributed by atoms with Crippen LogP contribution in [0.2, 0.25) is 0 Å². The zero-order chi connectivity index (χ0) is 21.1. The van der Waals surface area contributed by atoms with E-state index in [2.05, 4.69) is 18.7 Å². The minimum atomic E-state index is -3.15. The Balaban J connectivity index is 2.23. The van der Waals surface area contributed by atoms with Crippen molar-refractivity contribution in [2.75, 3.05) is 36.5 Å². The highest BCUT2D eigenvalue weighted by Crippen LogP contribution is 2.33. The van der Waals surface area contributed by atoms with Crippen LogP contribution in [0.15, 0.2) is 18.2 Å². The summed E-state index contributed by atoms with van der Waals surface area (Å²) in [5.41, 5.74) is 8.87. The zero-order valence-electron chi connectivity index (χ0n) is 17.3. The van der Waals surface area contributed by atoms with Gasteiger partial charge in [0.1, 0.15) is 0 Å². The molecule has 1 aliphatic rings. The van der Waals surface area contributed by atoms with Crippen LogP contribution >= 0.6 is 0 Å². The number of carboxylic acid groups (broad SMARTS) is 1. The largest absolute Gasteiger partial charge is 0.481 e. The first-order chi connectivity index (χ1) is 13.0. The fourth-order valence-electron chi connectivity index (χ4n) is 3.84. The Morgan fingerprint density at radius 1 is 1.29 bits per heavy atom. The lowest BCUT2D eigenvalue weighted by atomic mass is 9.95. The average molecular weight is 412 g/mol. The highest BCUT2D eigenvalue weighted by Gasteiger charge is 2.30. The third kappa shape index (κ3) is 5.85. The van der Waals surface area contributed by atoms with E-state index < -0.39 is 16.0 Å². The number of sulfonamides is 1. The van der Waals surface area contributed by atoms with Crippen molar-refractivity contribution < 1.29 is 18.3 Å². The lowest BCUT2D eigenvalue weighted by molar-refractivity contribution is -0.137. The van der Waals surface area contributed by atoms with Gasteiger partial charge in [-0.05, 0) is 42.4 Å². The van der Waals surface area contributed by atoms with Crippen molar-refractivity contribution >= 4 is 27.4 Å². The molecule has 158 valence electrons. The number of rotatable bonds is 8. The summed E-state index contributed by atoms with van der Waals surface area (Å²) in [5.74, 6) is -0.502. The summed E-state index contributed by atoms with van der Waals surface area (Å²) in [6.07, 6.45) is 2.85. The molecule has 7 nitrogen and oxygen atoms in total. The first-order valence-electron chi connectivity index (χ1n) is 9.82. The van der Waals surface area contributed by atoms with E-state index >= 15 is 0 Å². The summed E-state index contributed by atoms with van der Waals surface area (Å²) in [4.78, 5) is 13.3. The van der Waals surface area contributed by atoms with Crippen molar-refractivity contribution in [2.24, 2.45) is 5.92 Å². The van der Waals surface area contributed by atoms with Crippen molar-refractivity contribution in [3.8, 4) is 0 Å². The number of nitrogens with zero attached hydrogens (tertiary/aromatic N) is 2. The van der Waals surface area contributed by atoms with E-state index in [0.717, 1.165) is 30.6 Å². The lowest BCUT2D eigenvalue weighted by Crippen LogP contribution is -2.47. The second-order valence-corrected chi connectivity index (χ2v) is 10.2. The summed E-state index contributed by atoms with van der Waals surface area (Å²) in [5, 5.41) is 9.02. The fourth-order valence-corrected chi connectivity index (χ4v) is 4.72. The normalized spacial score (nSPS) is 17.6. The maximum Gasteiger partial charge on any atom is 0.303 e. The van der Waals surface area contributed by atoms with Crippen LogP contribution in [0, 0.1) is 5.92 Å². The maximum absolute atomic E-state index is 11.8. The van der Waals surface area contributed by atoms with E-state index in [1.165, 1.54) is 10.6 Å². The molecule has 1 fully saturated rings. The third-order valence-electron chi connectivity index (χ3n) is 5.31. The Bertz CT molecular complexity index is 787. The van der Waals surface area contributed by atoms with Crippen LogP contribution in [-0.4, -0.2) is 55.7 Å². The van der Waals surface area contributed by atoms with Gasteiger partial charge in [0.2, 0.25) is 10.0 Å². The van der Waals surface area contributed by atoms with Gasteiger partial charge in [-0.2, -0.15) is 0 Å². The molecule has 0 unspecified atom stereocenters. The molecule has 0 aliphatic carbocycles. The molecule has 0 radical (unpaired) electrons. The monoisotopic (exact) mass is 411 g/mol. The first-order valence-corrected chi connectivity index (χ1v) is 11.7. The van der Waals surface area contributed by atoms with Crippen LogP contribution in [0.3, 0.4) is 0 Å². The number of piperidine rings is 1. The Kier molecular flexibility index (Phi) is 7.33. The molecular weight excluding hydrogens is 378 g/mol. The molecule has 1 aromatic rings. The molecule has 1 atom stereocenters. The summed E-state index contributed by atoms with van der Waals surface area (Å²) >= 11 is 0. The second-order valence-electron chi connectivity index (χ2n) is 8.26. The van der Waals surface area contributed by atoms with Crippen LogP contribution in [-0.2, 0) is 14.8 Å². The number of benzene rings is 1. The highest BCUT2D eigenvalue weighted by atomic mass is 32.2. The summed E-state index contributed by atoms with van der Waals surface area (Å²) < 4.78 is 25.1. The molecule has 0 bridgehead atoms. The van der Waals surface area contributed by atoms with Gasteiger partial charge >= 0.3 is 5.97 Å². The average Bonchev–Trinajstić information content (AvgIpc) is 2.58. The number of hydrogen-bond acceptors (Lipinski definition) is 5. The van der Waals surface area contributed by atoms with Crippen molar-refractivity contribution in [1.82, 2.24) is 4.31 Å². The van der Waals surface area contributed by atoms with Crippen molar-refractivity contribution in [3.63, 3.8) is 0 Å². The van der Waals surface area contributed by atoms with Crippen LogP contribution in [0.4, 0.5) is 11.4 Å². The van der Waals surface area contributed by atoms with Gasteiger partial charge in [0.25, 0.3) is 0 Å². The van der Waals surface area contributed by atoms with E-state index in [1.54, 1.807) is 0 Å². The Hall–Kier alpha value is -1.80. The number of aliphatic carboxylic acids is 1. The number of nitrogens with two attached hydrogens (primary N) is 1. The second kappa shape index (κ2) is 9.13. The number of anilines is 2. The fraction of sp³-hybridized carbons (Fsp3) is 0.650. The molecule has 8 heteroatoms. The van der Waals surface area contributed by atoms with Gasteiger partial charge in [-0.3, -0.25) is 4.79 Å². The van der Waals surface area contributed by atoms with E-state index in [4.69, 9.17) is 10.8 Å². The predicted octanol–water partition coefficient (Wildman–Crippen LogP) is 2.73. The molecule has 1 aliphatic heterocycles. The molecule has 3 N–H and O–H groups in total. The standard InChI is InChI=1S/C20H33N3O4S/c1-14(2)13-23(17-7-9-22(10-8-17)28(4,26)27)19-6-5-16(12-18(19)21)15(3)11-20(24)25/h5-6,12,14-15,17H,7-11,13,21H2,1-4H3,(H,24,25)/t15-/m1/s1. The van der Waals surface area contributed by atoms with Crippen molar-refractivity contribution in [2.45, 2.75) is 52.0 Å². The van der Waals surface area contributed by atoms with Gasteiger partial charge in [-0.1, -0.05) is 26.8 Å². The topological polar surface area (TPSA) is 104 Å². The van der Waals surface area contributed by atoms with Crippen LogP contribution < -0.4 is 10.6 Å². The van der Waals surface area contributed by atoms with Crippen LogP contribution in [0.25, 0.3) is 0 Å². The molecule has 1 aromatic carbocycles. The number of carboxylic acids is 1. The lowest BCUT2D eigenvalue weighted by Gasteiger charge is -2.40. The molecule has 0 amide bonds. The summed E-state index contributed by atoms with van der Waals surface area (Å²) in [7, 11) is -3.15. The van der Waals surface area contributed by atoms with Gasteiger partial charge in [0.05, 0.1) is 24.1 Å². The maximum atomic E-state index is 11.8. The first kappa shape index (κ1) is 22.5. The number of hydrogen-bond donors (Lipinski definition) is 2. The molecule has 1 heterocycles. The van der Waals surface area contributed by atoms with Gasteiger partial charge in [0.15, 0.2) is 0 Å². The van der Waals surface area contributed by atoms with Gasteiger partial charge in [0, 0.05) is 25.7 Å². The molecular formula is C20H33N3O4S. The highest BCUT2D eigenvalue weighted by molar-refractivity contribution is 7.88. The quantitative estimate of drug-likeness (QED) is 0.638.